The molecule has 1 aliphatic heterocycles. The summed E-state index contributed by atoms with van der Waals surface area (Å²) >= 11 is 0. The van der Waals surface area contributed by atoms with E-state index >= 15 is 0 Å². The molecule has 1 atom stereocenters. The Morgan fingerprint density at radius 2 is 2.12 bits per heavy atom. The lowest BCUT2D eigenvalue weighted by atomic mass is 10.0. The Labute approximate surface area is 94.7 Å². The van der Waals surface area contributed by atoms with E-state index in [1.807, 2.05) is 0 Å². The van der Waals surface area contributed by atoms with Crippen LogP contribution in [0, 0.1) is 0 Å². The van der Waals surface area contributed by atoms with Gasteiger partial charge in [-0.05, 0) is 13.8 Å². The minimum atomic E-state index is -1.11. The average molecular weight is 227 g/mol. The Morgan fingerprint density at radius 3 is 2.56 bits per heavy atom. The lowest BCUT2D eigenvalue weighted by molar-refractivity contribution is -0.141. The summed E-state index contributed by atoms with van der Waals surface area (Å²) in [5.74, 6) is -0.692. The van der Waals surface area contributed by atoms with Gasteiger partial charge in [-0.3, -0.25) is 14.5 Å². The van der Waals surface area contributed by atoms with Gasteiger partial charge in [0.15, 0.2) is 0 Å². The molecule has 2 amide bonds. The van der Waals surface area contributed by atoms with Gasteiger partial charge in [0.1, 0.15) is 0 Å². The smallest absolute Gasteiger partial charge is 0.256 e. The first-order chi connectivity index (χ1) is 7.37. The second-order valence-corrected chi connectivity index (χ2v) is 4.30. The van der Waals surface area contributed by atoms with Crippen LogP contribution in [0.3, 0.4) is 0 Å². The average Bonchev–Trinajstić information content (AvgIpc) is 2.42. The molecular formula is C11H17NO4. The van der Waals surface area contributed by atoms with Gasteiger partial charge in [0.05, 0.1) is 12.1 Å². The number of rotatable bonds is 5. The maximum atomic E-state index is 11.6. The number of aliphatic hydroxyl groups is 1. The predicted molar refractivity (Wildman–Crippen MR) is 57.6 cm³/mol. The fraction of sp³-hybridized carbons (Fsp3) is 0.636. The number of carbonyl (C=O) groups excluding carboxylic acids is 2. The SMILES string of the molecule is COCCC(C)(O)CN1C(=O)C=C(C)C1=O. The molecule has 16 heavy (non-hydrogen) atoms. The van der Waals surface area contributed by atoms with Crippen molar-refractivity contribution in [3.8, 4) is 0 Å². The molecule has 0 aliphatic carbocycles. The van der Waals surface area contributed by atoms with Crippen LogP contribution >= 0.6 is 0 Å². The van der Waals surface area contributed by atoms with Gasteiger partial charge in [-0.2, -0.15) is 0 Å². The zero-order valence-corrected chi connectivity index (χ0v) is 9.82. The Bertz CT molecular complexity index is 333. The molecule has 0 radical (unpaired) electrons. The summed E-state index contributed by atoms with van der Waals surface area (Å²) in [5.41, 5.74) is -0.702. The van der Waals surface area contributed by atoms with E-state index in [4.69, 9.17) is 4.74 Å². The summed E-state index contributed by atoms with van der Waals surface area (Å²) in [7, 11) is 1.54. The van der Waals surface area contributed by atoms with Crippen molar-refractivity contribution in [1.82, 2.24) is 4.90 Å². The van der Waals surface area contributed by atoms with Gasteiger partial charge in [0.2, 0.25) is 0 Å². The number of β-amino-alcohol motifs (C(OH)–C–C–N with tert-alkyl or cyclic N) is 1. The molecule has 0 aromatic rings. The van der Waals surface area contributed by atoms with Gasteiger partial charge in [-0.1, -0.05) is 0 Å². The second kappa shape index (κ2) is 4.76. The van der Waals surface area contributed by atoms with E-state index in [-0.39, 0.29) is 18.4 Å². The van der Waals surface area contributed by atoms with Crippen LogP contribution in [-0.4, -0.2) is 47.7 Å². The molecule has 1 N–H and O–H groups in total. The van der Waals surface area contributed by atoms with Crippen molar-refractivity contribution in [3.05, 3.63) is 11.6 Å². The fourth-order valence-corrected chi connectivity index (χ4v) is 1.53. The van der Waals surface area contributed by atoms with E-state index in [1.54, 1.807) is 13.8 Å². The molecule has 1 aliphatic rings. The summed E-state index contributed by atoms with van der Waals surface area (Å²) < 4.78 is 4.86. The minimum Gasteiger partial charge on any atom is -0.388 e. The van der Waals surface area contributed by atoms with Crippen LogP contribution in [0.1, 0.15) is 20.3 Å². The predicted octanol–water partition coefficient (Wildman–Crippen LogP) is 0.0890. The quantitative estimate of drug-likeness (QED) is 0.676. The van der Waals surface area contributed by atoms with Gasteiger partial charge in [0, 0.05) is 31.8 Å². The first-order valence-corrected chi connectivity index (χ1v) is 5.13. The van der Waals surface area contributed by atoms with E-state index in [1.165, 1.54) is 13.2 Å². The van der Waals surface area contributed by atoms with E-state index in [0.717, 1.165) is 4.90 Å². The van der Waals surface area contributed by atoms with E-state index < -0.39 is 5.60 Å². The molecule has 0 fully saturated rings. The van der Waals surface area contributed by atoms with Crippen molar-refractivity contribution in [1.29, 1.82) is 0 Å². The maximum Gasteiger partial charge on any atom is 0.256 e. The van der Waals surface area contributed by atoms with Crippen LogP contribution in [0.15, 0.2) is 11.6 Å². The van der Waals surface area contributed by atoms with Crippen molar-refractivity contribution in [2.24, 2.45) is 0 Å². The Balaban J connectivity index is 2.61. The third-order valence-corrected chi connectivity index (χ3v) is 2.53. The number of methoxy groups -OCH3 is 1. The number of ether oxygens (including phenoxy) is 1. The third-order valence-electron chi connectivity index (χ3n) is 2.53. The van der Waals surface area contributed by atoms with Crippen molar-refractivity contribution >= 4 is 11.8 Å². The molecule has 5 nitrogen and oxygen atoms in total. The summed E-state index contributed by atoms with van der Waals surface area (Å²) in [5, 5.41) is 9.98. The maximum absolute atomic E-state index is 11.6. The van der Waals surface area contributed by atoms with Gasteiger partial charge in [-0.25, -0.2) is 0 Å². The molecule has 1 unspecified atom stereocenters. The zero-order chi connectivity index (χ0) is 12.3. The van der Waals surface area contributed by atoms with Crippen LogP contribution in [0.4, 0.5) is 0 Å². The lowest BCUT2D eigenvalue weighted by Gasteiger charge is -2.27. The van der Waals surface area contributed by atoms with Crippen LogP contribution in [-0.2, 0) is 14.3 Å². The zero-order valence-electron chi connectivity index (χ0n) is 9.82. The minimum absolute atomic E-state index is 0.00185. The molecule has 0 aromatic heterocycles. The topological polar surface area (TPSA) is 66.8 Å². The van der Waals surface area contributed by atoms with Gasteiger partial charge < -0.3 is 9.84 Å². The number of imide groups is 1. The molecule has 90 valence electrons. The number of nitrogens with zero attached hydrogens (tertiary/aromatic N) is 1. The fourth-order valence-electron chi connectivity index (χ4n) is 1.53. The van der Waals surface area contributed by atoms with Gasteiger partial charge in [-0.15, -0.1) is 0 Å². The molecule has 1 heterocycles. The Morgan fingerprint density at radius 1 is 1.50 bits per heavy atom. The number of carbonyl (C=O) groups is 2. The standard InChI is InChI=1S/C11H17NO4/c1-8-6-9(13)12(10(8)14)7-11(2,15)4-5-16-3/h6,15H,4-5,7H2,1-3H3. The third kappa shape index (κ3) is 2.90. The van der Waals surface area contributed by atoms with Crippen molar-refractivity contribution in [2.75, 3.05) is 20.3 Å². The molecule has 0 spiro atoms. The number of hydrogen-bond donors (Lipinski definition) is 1. The van der Waals surface area contributed by atoms with E-state index in [9.17, 15) is 14.7 Å². The van der Waals surface area contributed by atoms with Crippen molar-refractivity contribution in [3.63, 3.8) is 0 Å². The monoisotopic (exact) mass is 227 g/mol. The van der Waals surface area contributed by atoms with Crippen molar-refractivity contribution in [2.45, 2.75) is 25.9 Å². The lowest BCUT2D eigenvalue weighted by Crippen LogP contribution is -2.44. The highest BCUT2D eigenvalue weighted by molar-refractivity contribution is 6.15. The highest BCUT2D eigenvalue weighted by atomic mass is 16.5. The molecule has 1 rings (SSSR count). The second-order valence-electron chi connectivity index (χ2n) is 4.30. The highest BCUT2D eigenvalue weighted by Crippen LogP contribution is 2.18. The summed E-state index contributed by atoms with van der Waals surface area (Å²) in [6.45, 7) is 3.56. The summed E-state index contributed by atoms with van der Waals surface area (Å²) in [6.07, 6.45) is 1.66. The van der Waals surface area contributed by atoms with Crippen LogP contribution < -0.4 is 0 Å². The van der Waals surface area contributed by atoms with Crippen molar-refractivity contribution < 1.29 is 19.4 Å². The van der Waals surface area contributed by atoms with Gasteiger partial charge in [0.25, 0.3) is 11.8 Å². The summed E-state index contributed by atoms with van der Waals surface area (Å²) in [6, 6.07) is 0. The highest BCUT2D eigenvalue weighted by Gasteiger charge is 2.34. The van der Waals surface area contributed by atoms with E-state index in [0.29, 0.717) is 18.6 Å². The Hall–Kier alpha value is -1.20. The Kier molecular flexibility index (Phi) is 3.83. The molecule has 0 saturated carbocycles. The molecule has 0 bridgehead atoms. The summed E-state index contributed by atoms with van der Waals surface area (Å²) in [4.78, 5) is 24.1. The first kappa shape index (κ1) is 12.9. The molecule has 5 heteroatoms. The molecular weight excluding hydrogens is 210 g/mol. The van der Waals surface area contributed by atoms with Crippen LogP contribution in [0.2, 0.25) is 0 Å². The normalized spacial score (nSPS) is 20.0. The number of amides is 2. The number of hydrogen-bond acceptors (Lipinski definition) is 4. The first-order valence-electron chi connectivity index (χ1n) is 5.13. The molecule has 0 saturated heterocycles. The van der Waals surface area contributed by atoms with Crippen LogP contribution in [0.25, 0.3) is 0 Å². The van der Waals surface area contributed by atoms with Crippen LogP contribution in [0.5, 0.6) is 0 Å². The molecule has 0 aromatic carbocycles. The van der Waals surface area contributed by atoms with E-state index in [2.05, 4.69) is 0 Å². The largest absolute Gasteiger partial charge is 0.388 e. The van der Waals surface area contributed by atoms with Gasteiger partial charge >= 0.3 is 0 Å².